The molecule has 0 saturated carbocycles. The van der Waals surface area contributed by atoms with E-state index >= 15 is 0 Å². The first-order valence-electron chi connectivity index (χ1n) is 36.8. The Bertz CT molecular complexity index is 1860. The molecular weight excluding hydrogens is 1200 g/mol. The molecule has 19 heteroatoms. The Hall–Kier alpha value is -2.46. The molecule has 91 heavy (non-hydrogen) atoms. The van der Waals surface area contributed by atoms with Crippen molar-refractivity contribution in [3.63, 3.8) is 0 Å². The molecular formula is C72H136O17P2. The zero-order valence-corrected chi connectivity index (χ0v) is 60.4. The Labute approximate surface area is 554 Å². The normalized spacial score (nSPS) is 14.6. The minimum Gasteiger partial charge on any atom is -0.462 e. The molecule has 0 aliphatic rings. The van der Waals surface area contributed by atoms with Gasteiger partial charge in [0.15, 0.2) is 12.2 Å². The van der Waals surface area contributed by atoms with Gasteiger partial charge in [0.2, 0.25) is 0 Å². The zero-order chi connectivity index (χ0) is 67.2. The summed E-state index contributed by atoms with van der Waals surface area (Å²) < 4.78 is 68.3. The van der Waals surface area contributed by atoms with Gasteiger partial charge in [0.25, 0.3) is 0 Å². The molecule has 0 heterocycles. The van der Waals surface area contributed by atoms with Gasteiger partial charge in [0, 0.05) is 25.7 Å². The summed E-state index contributed by atoms with van der Waals surface area (Å²) in [5, 5.41) is 10.6. The number of aliphatic hydroxyl groups excluding tert-OH is 1. The predicted molar refractivity (Wildman–Crippen MR) is 367 cm³/mol. The summed E-state index contributed by atoms with van der Waals surface area (Å²) in [5.74, 6) is -0.611. The van der Waals surface area contributed by atoms with E-state index in [4.69, 9.17) is 37.0 Å². The largest absolute Gasteiger partial charge is 0.472 e. The lowest BCUT2D eigenvalue weighted by atomic mass is 9.99. The van der Waals surface area contributed by atoms with Crippen LogP contribution in [0.25, 0.3) is 0 Å². The minimum absolute atomic E-state index is 0.0847. The highest BCUT2D eigenvalue weighted by atomic mass is 31.2. The molecule has 536 valence electrons. The summed E-state index contributed by atoms with van der Waals surface area (Å²) in [6, 6.07) is 0. The third-order valence-corrected chi connectivity index (χ3v) is 18.3. The average molecular weight is 1340 g/mol. The molecule has 0 spiro atoms. The van der Waals surface area contributed by atoms with Crippen molar-refractivity contribution in [2.45, 2.75) is 362 Å². The first-order valence-corrected chi connectivity index (χ1v) is 39.8. The summed E-state index contributed by atoms with van der Waals surface area (Å²) in [4.78, 5) is 72.6. The Kier molecular flexibility index (Phi) is 61.9. The van der Waals surface area contributed by atoms with Crippen LogP contribution in [0.4, 0.5) is 0 Å². The average Bonchev–Trinajstić information content (AvgIpc) is 2.71. The molecule has 0 amide bonds. The second-order valence-corrected chi connectivity index (χ2v) is 28.9. The van der Waals surface area contributed by atoms with Gasteiger partial charge in [0.05, 0.1) is 26.4 Å². The zero-order valence-electron chi connectivity index (χ0n) is 58.6. The van der Waals surface area contributed by atoms with Gasteiger partial charge in [-0.3, -0.25) is 37.3 Å². The molecule has 3 unspecified atom stereocenters. The van der Waals surface area contributed by atoms with Crippen molar-refractivity contribution in [3.05, 3.63) is 24.3 Å². The van der Waals surface area contributed by atoms with E-state index in [1.807, 2.05) is 0 Å². The molecule has 0 fully saturated rings. The highest BCUT2D eigenvalue weighted by Gasteiger charge is 2.30. The molecule has 0 saturated heterocycles. The lowest BCUT2D eigenvalue weighted by molar-refractivity contribution is -0.161. The van der Waals surface area contributed by atoms with Crippen LogP contribution in [-0.4, -0.2) is 96.7 Å². The number of aliphatic hydroxyl groups is 1. The van der Waals surface area contributed by atoms with Gasteiger partial charge in [-0.1, -0.05) is 291 Å². The standard InChI is InChI=1S/C72H136O17P2/c1-7-10-12-14-16-18-20-21-22-23-24-32-38-44-50-56-71(76)88-67(61-83-70(75)55-49-43-37-31-26-25-29-35-41-47-53-65(6)9-3)62-86-90(78,79)84-58-66(73)59-85-91(80,81)87-63-68(60-82-69(74)54-48-42-36-30-19-17-15-13-11-8-2)89-72(77)57-51-45-39-33-27-28-34-40-46-52-64(4)5/h18,20-22,64-68,73H,7-17,19,23-63H2,1-6H3,(H,78,79)(H,80,81)/b20-18-,22-21-/t65?,66-,67-,68-/m1/s1. The number of hydrogen-bond donors (Lipinski definition) is 3. The van der Waals surface area contributed by atoms with Crippen LogP contribution in [0.15, 0.2) is 24.3 Å². The fraction of sp³-hybridized carbons (Fsp3) is 0.889. The molecule has 6 atom stereocenters. The van der Waals surface area contributed by atoms with E-state index in [1.165, 1.54) is 148 Å². The fourth-order valence-corrected chi connectivity index (χ4v) is 12.0. The third kappa shape index (κ3) is 64.6. The number of carbonyl (C=O) groups is 4. The van der Waals surface area contributed by atoms with Crippen LogP contribution in [0, 0.1) is 11.8 Å². The summed E-state index contributed by atoms with van der Waals surface area (Å²) in [6.45, 7) is 9.49. The lowest BCUT2D eigenvalue weighted by Gasteiger charge is -2.21. The van der Waals surface area contributed by atoms with Crippen molar-refractivity contribution in [3.8, 4) is 0 Å². The summed E-state index contributed by atoms with van der Waals surface area (Å²) >= 11 is 0. The van der Waals surface area contributed by atoms with Crippen LogP contribution in [0.2, 0.25) is 0 Å². The quantitative estimate of drug-likeness (QED) is 0.0169. The highest BCUT2D eigenvalue weighted by Crippen LogP contribution is 2.45. The van der Waals surface area contributed by atoms with Crippen LogP contribution in [0.1, 0.15) is 343 Å². The van der Waals surface area contributed by atoms with Gasteiger partial charge in [-0.05, 0) is 63.2 Å². The maximum atomic E-state index is 13.0. The van der Waals surface area contributed by atoms with Crippen molar-refractivity contribution in [2.24, 2.45) is 11.8 Å². The monoisotopic (exact) mass is 1330 g/mol. The Balaban J connectivity index is 5.30. The van der Waals surface area contributed by atoms with Gasteiger partial charge < -0.3 is 33.8 Å². The summed E-state index contributed by atoms with van der Waals surface area (Å²) in [6.07, 6.45) is 52.0. The Morgan fingerprint density at radius 1 is 0.363 bits per heavy atom. The Morgan fingerprint density at radius 3 is 0.989 bits per heavy atom. The van der Waals surface area contributed by atoms with E-state index in [0.717, 1.165) is 115 Å². The van der Waals surface area contributed by atoms with Gasteiger partial charge >= 0.3 is 39.5 Å². The number of ether oxygens (including phenoxy) is 4. The van der Waals surface area contributed by atoms with E-state index in [0.29, 0.717) is 25.7 Å². The maximum Gasteiger partial charge on any atom is 0.472 e. The van der Waals surface area contributed by atoms with Crippen molar-refractivity contribution < 1.29 is 80.2 Å². The number of rotatable bonds is 69. The van der Waals surface area contributed by atoms with E-state index in [2.05, 4.69) is 65.8 Å². The molecule has 0 aromatic heterocycles. The van der Waals surface area contributed by atoms with Gasteiger partial charge in [-0.2, -0.15) is 0 Å². The smallest absolute Gasteiger partial charge is 0.462 e. The molecule has 17 nitrogen and oxygen atoms in total. The van der Waals surface area contributed by atoms with Crippen LogP contribution in [0.3, 0.4) is 0 Å². The molecule has 0 aromatic rings. The van der Waals surface area contributed by atoms with E-state index < -0.39 is 97.5 Å². The second kappa shape index (κ2) is 63.6. The lowest BCUT2D eigenvalue weighted by Crippen LogP contribution is -2.30. The summed E-state index contributed by atoms with van der Waals surface area (Å²) in [5.41, 5.74) is 0. The fourth-order valence-electron chi connectivity index (χ4n) is 10.4. The molecule has 0 aliphatic carbocycles. The van der Waals surface area contributed by atoms with Crippen LogP contribution in [0.5, 0.6) is 0 Å². The van der Waals surface area contributed by atoms with Crippen LogP contribution < -0.4 is 0 Å². The predicted octanol–water partition coefficient (Wildman–Crippen LogP) is 20.3. The van der Waals surface area contributed by atoms with Crippen LogP contribution in [-0.2, 0) is 65.4 Å². The molecule has 0 radical (unpaired) electrons. The minimum atomic E-state index is -4.96. The number of esters is 4. The number of phosphoric acid groups is 2. The van der Waals surface area contributed by atoms with Gasteiger partial charge in [-0.25, -0.2) is 9.13 Å². The molecule has 3 N–H and O–H groups in total. The number of unbranched alkanes of at least 4 members (excludes halogenated alkanes) is 35. The maximum absolute atomic E-state index is 13.0. The highest BCUT2D eigenvalue weighted by molar-refractivity contribution is 7.47. The van der Waals surface area contributed by atoms with Crippen molar-refractivity contribution in [1.29, 1.82) is 0 Å². The molecule has 0 bridgehead atoms. The Morgan fingerprint density at radius 2 is 0.648 bits per heavy atom. The molecule has 0 aliphatic heterocycles. The molecule has 0 aromatic carbocycles. The van der Waals surface area contributed by atoms with E-state index in [9.17, 15) is 43.2 Å². The third-order valence-electron chi connectivity index (χ3n) is 16.4. The number of carbonyl (C=O) groups excluding carboxylic acids is 4. The van der Waals surface area contributed by atoms with Crippen molar-refractivity contribution in [2.75, 3.05) is 39.6 Å². The molecule has 0 rings (SSSR count). The second-order valence-electron chi connectivity index (χ2n) is 26.0. The first-order chi connectivity index (χ1) is 43.9. The van der Waals surface area contributed by atoms with E-state index in [-0.39, 0.29) is 25.7 Å². The van der Waals surface area contributed by atoms with Gasteiger partial charge in [-0.15, -0.1) is 0 Å². The summed E-state index contributed by atoms with van der Waals surface area (Å²) in [7, 11) is -9.92. The number of hydrogen-bond acceptors (Lipinski definition) is 15. The SMILES string of the molecule is CCCCCC/C=C\C=C/CCCCCCCC(=O)O[C@H](COC(=O)CCCCCCCCCCCCC(C)CC)COP(=O)(O)OC[C@@H](O)COP(=O)(O)OC[C@@H](COC(=O)CCCCCCCCCCCC)OC(=O)CCCCCCCCCCCC(C)C. The van der Waals surface area contributed by atoms with Gasteiger partial charge in [0.1, 0.15) is 19.3 Å². The number of phosphoric ester groups is 2. The van der Waals surface area contributed by atoms with Crippen molar-refractivity contribution >= 4 is 39.5 Å². The first kappa shape index (κ1) is 88.5. The van der Waals surface area contributed by atoms with Crippen molar-refractivity contribution in [1.82, 2.24) is 0 Å². The van der Waals surface area contributed by atoms with Crippen LogP contribution >= 0.6 is 15.6 Å². The van der Waals surface area contributed by atoms with E-state index in [1.54, 1.807) is 0 Å². The topological polar surface area (TPSA) is 237 Å². The number of allylic oxidation sites excluding steroid dienone is 4.